The standard InChI is InChI=1S/C14H21N3O3/c1-11-9-12(20-15-11)10-17-4-2-3-13(17)14(18)16-5-7-19-8-6-16/h9,13H,2-8,10H2,1H3/t13-/m0/s1. The topological polar surface area (TPSA) is 58.8 Å². The molecule has 2 aliphatic rings. The third kappa shape index (κ3) is 2.86. The minimum absolute atomic E-state index is 0.0153. The lowest BCUT2D eigenvalue weighted by Gasteiger charge is -2.32. The third-order valence-corrected chi connectivity index (χ3v) is 4.01. The molecule has 0 unspecified atom stereocenters. The molecule has 2 fully saturated rings. The van der Waals surface area contributed by atoms with E-state index in [1.54, 1.807) is 0 Å². The highest BCUT2D eigenvalue weighted by Gasteiger charge is 2.34. The largest absolute Gasteiger partial charge is 0.378 e. The second-order valence-electron chi connectivity index (χ2n) is 5.50. The second-order valence-corrected chi connectivity index (χ2v) is 5.50. The van der Waals surface area contributed by atoms with E-state index in [1.165, 1.54) is 0 Å². The lowest BCUT2D eigenvalue weighted by Crippen LogP contribution is -2.49. The van der Waals surface area contributed by atoms with E-state index in [1.807, 2.05) is 17.9 Å². The molecule has 3 rings (SSSR count). The number of rotatable bonds is 3. The molecule has 3 heterocycles. The zero-order valence-corrected chi connectivity index (χ0v) is 11.9. The van der Waals surface area contributed by atoms with Crippen molar-refractivity contribution in [1.29, 1.82) is 0 Å². The minimum atomic E-state index is -0.0153. The first-order chi connectivity index (χ1) is 9.74. The van der Waals surface area contributed by atoms with Crippen LogP contribution in [0.5, 0.6) is 0 Å². The highest BCUT2D eigenvalue weighted by Crippen LogP contribution is 2.22. The summed E-state index contributed by atoms with van der Waals surface area (Å²) in [4.78, 5) is 16.7. The van der Waals surface area contributed by atoms with Gasteiger partial charge < -0.3 is 14.2 Å². The van der Waals surface area contributed by atoms with Crippen molar-refractivity contribution in [2.75, 3.05) is 32.8 Å². The van der Waals surface area contributed by atoms with Crippen LogP contribution in [0.2, 0.25) is 0 Å². The molecule has 1 atom stereocenters. The van der Waals surface area contributed by atoms with Crippen LogP contribution < -0.4 is 0 Å². The Bertz CT molecular complexity index is 468. The molecule has 0 spiro atoms. The van der Waals surface area contributed by atoms with Gasteiger partial charge in [0.25, 0.3) is 0 Å². The summed E-state index contributed by atoms with van der Waals surface area (Å²) in [5.74, 6) is 1.08. The number of amides is 1. The maximum absolute atomic E-state index is 12.6. The number of ether oxygens (including phenoxy) is 1. The fraction of sp³-hybridized carbons (Fsp3) is 0.714. The average molecular weight is 279 g/mol. The Morgan fingerprint density at radius 2 is 2.20 bits per heavy atom. The van der Waals surface area contributed by atoms with E-state index in [-0.39, 0.29) is 11.9 Å². The number of hydrogen-bond donors (Lipinski definition) is 0. The van der Waals surface area contributed by atoms with Crippen LogP contribution in [0.3, 0.4) is 0 Å². The van der Waals surface area contributed by atoms with Gasteiger partial charge in [-0.15, -0.1) is 0 Å². The van der Waals surface area contributed by atoms with Gasteiger partial charge in [0.15, 0.2) is 5.76 Å². The van der Waals surface area contributed by atoms with E-state index in [2.05, 4.69) is 10.1 Å². The van der Waals surface area contributed by atoms with Crippen molar-refractivity contribution in [2.45, 2.75) is 32.4 Å². The van der Waals surface area contributed by atoms with Crippen molar-refractivity contribution in [1.82, 2.24) is 15.0 Å². The number of morpholine rings is 1. The summed E-state index contributed by atoms with van der Waals surface area (Å²) in [6.07, 6.45) is 2.00. The molecule has 1 aromatic rings. The molecule has 6 heteroatoms. The van der Waals surface area contributed by atoms with Crippen LogP contribution in [-0.4, -0.2) is 59.8 Å². The Morgan fingerprint density at radius 1 is 1.40 bits per heavy atom. The molecule has 1 aromatic heterocycles. The highest BCUT2D eigenvalue weighted by molar-refractivity contribution is 5.82. The fourth-order valence-electron chi connectivity index (χ4n) is 2.98. The van der Waals surface area contributed by atoms with Crippen molar-refractivity contribution in [3.8, 4) is 0 Å². The summed E-state index contributed by atoms with van der Waals surface area (Å²) in [5, 5.41) is 3.90. The first-order valence-electron chi connectivity index (χ1n) is 7.27. The SMILES string of the molecule is Cc1cc(CN2CCC[C@H]2C(=O)N2CCOCC2)on1. The normalized spacial score (nSPS) is 24.2. The summed E-state index contributed by atoms with van der Waals surface area (Å²) in [5.41, 5.74) is 0.884. The molecule has 0 bridgehead atoms. The van der Waals surface area contributed by atoms with Crippen LogP contribution in [0.4, 0.5) is 0 Å². The number of nitrogens with zero attached hydrogens (tertiary/aromatic N) is 3. The van der Waals surface area contributed by atoms with E-state index in [0.29, 0.717) is 32.8 Å². The smallest absolute Gasteiger partial charge is 0.240 e. The van der Waals surface area contributed by atoms with E-state index in [4.69, 9.17) is 9.26 Å². The maximum Gasteiger partial charge on any atom is 0.240 e. The van der Waals surface area contributed by atoms with Crippen LogP contribution in [0, 0.1) is 6.92 Å². The highest BCUT2D eigenvalue weighted by atomic mass is 16.5. The Kier molecular flexibility index (Phi) is 4.03. The molecule has 0 saturated carbocycles. The van der Waals surface area contributed by atoms with Gasteiger partial charge >= 0.3 is 0 Å². The molecule has 2 aliphatic heterocycles. The average Bonchev–Trinajstić information content (AvgIpc) is 3.09. The monoisotopic (exact) mass is 279 g/mol. The van der Waals surface area contributed by atoms with E-state index < -0.39 is 0 Å². The molecule has 0 N–H and O–H groups in total. The quantitative estimate of drug-likeness (QED) is 0.819. The predicted molar refractivity (Wildman–Crippen MR) is 72.1 cm³/mol. The fourth-order valence-corrected chi connectivity index (χ4v) is 2.98. The van der Waals surface area contributed by atoms with Crippen molar-refractivity contribution >= 4 is 5.91 Å². The summed E-state index contributed by atoms with van der Waals surface area (Å²) in [7, 11) is 0. The molecule has 6 nitrogen and oxygen atoms in total. The van der Waals surface area contributed by atoms with Crippen molar-refractivity contribution < 1.29 is 14.1 Å². The molecule has 0 radical (unpaired) electrons. The summed E-state index contributed by atoms with van der Waals surface area (Å²) < 4.78 is 10.6. The van der Waals surface area contributed by atoms with Gasteiger partial charge in [-0.25, -0.2) is 0 Å². The number of aromatic nitrogens is 1. The number of carbonyl (C=O) groups excluding carboxylic acids is 1. The van der Waals surface area contributed by atoms with Gasteiger partial charge in [-0.05, 0) is 26.3 Å². The minimum Gasteiger partial charge on any atom is -0.378 e. The van der Waals surface area contributed by atoms with Crippen molar-refractivity contribution in [3.05, 3.63) is 17.5 Å². The number of aryl methyl sites for hydroxylation is 1. The first kappa shape index (κ1) is 13.6. The van der Waals surface area contributed by atoms with E-state index in [9.17, 15) is 4.79 Å². The molecule has 1 amide bonds. The molecule has 0 aliphatic carbocycles. The number of hydrogen-bond acceptors (Lipinski definition) is 5. The lowest BCUT2D eigenvalue weighted by molar-refractivity contribution is -0.140. The van der Waals surface area contributed by atoms with Gasteiger partial charge in [0.2, 0.25) is 5.91 Å². The predicted octanol–water partition coefficient (Wildman–Crippen LogP) is 0.806. The molecule has 2 saturated heterocycles. The van der Waals surface area contributed by atoms with Gasteiger partial charge in [-0.3, -0.25) is 9.69 Å². The van der Waals surface area contributed by atoms with Gasteiger partial charge in [0.1, 0.15) is 0 Å². The van der Waals surface area contributed by atoms with Crippen LogP contribution in [0.25, 0.3) is 0 Å². The van der Waals surface area contributed by atoms with Crippen LogP contribution >= 0.6 is 0 Å². The van der Waals surface area contributed by atoms with Gasteiger partial charge in [-0.1, -0.05) is 5.16 Å². The summed E-state index contributed by atoms with van der Waals surface area (Å²) in [6, 6.07) is 1.92. The second kappa shape index (κ2) is 5.93. The summed E-state index contributed by atoms with van der Waals surface area (Å²) >= 11 is 0. The Balaban J connectivity index is 1.63. The van der Waals surface area contributed by atoms with Gasteiger partial charge in [0, 0.05) is 19.2 Å². The van der Waals surface area contributed by atoms with Crippen molar-refractivity contribution in [3.63, 3.8) is 0 Å². The van der Waals surface area contributed by atoms with Crippen LogP contribution in [-0.2, 0) is 16.1 Å². The Hall–Kier alpha value is -1.40. The summed E-state index contributed by atoms with van der Waals surface area (Å²) in [6.45, 7) is 6.25. The Morgan fingerprint density at radius 3 is 2.90 bits per heavy atom. The van der Waals surface area contributed by atoms with E-state index >= 15 is 0 Å². The molecular formula is C14H21N3O3. The van der Waals surface area contributed by atoms with Gasteiger partial charge in [0.05, 0.1) is 31.5 Å². The molecular weight excluding hydrogens is 258 g/mol. The van der Waals surface area contributed by atoms with Crippen molar-refractivity contribution in [2.24, 2.45) is 0 Å². The first-order valence-corrected chi connectivity index (χ1v) is 7.27. The van der Waals surface area contributed by atoms with Gasteiger partial charge in [-0.2, -0.15) is 0 Å². The van der Waals surface area contributed by atoms with Crippen LogP contribution in [0.15, 0.2) is 10.6 Å². The van der Waals surface area contributed by atoms with E-state index in [0.717, 1.165) is 30.8 Å². The number of carbonyl (C=O) groups is 1. The van der Waals surface area contributed by atoms with Crippen LogP contribution in [0.1, 0.15) is 24.3 Å². The third-order valence-electron chi connectivity index (χ3n) is 4.01. The number of likely N-dealkylation sites (tertiary alicyclic amines) is 1. The maximum atomic E-state index is 12.6. The molecule has 20 heavy (non-hydrogen) atoms. The molecule has 110 valence electrons. The zero-order valence-electron chi connectivity index (χ0n) is 11.9. The lowest BCUT2D eigenvalue weighted by atomic mass is 10.2. The zero-order chi connectivity index (χ0) is 13.9. The Labute approximate surface area is 118 Å². The molecule has 0 aromatic carbocycles.